The van der Waals surface area contributed by atoms with E-state index in [0.717, 1.165) is 34.5 Å². The Hall–Kier alpha value is -2.36. The van der Waals surface area contributed by atoms with Gasteiger partial charge in [-0.1, -0.05) is 41.9 Å². The van der Waals surface area contributed by atoms with Crippen LogP contribution in [0, 0.1) is 0 Å². The van der Waals surface area contributed by atoms with E-state index in [1.54, 1.807) is 0 Å². The zero-order valence-corrected chi connectivity index (χ0v) is 13.7. The molecule has 120 valence electrons. The monoisotopic (exact) mass is 337 g/mol. The quantitative estimate of drug-likeness (QED) is 0.625. The van der Waals surface area contributed by atoms with E-state index in [1.807, 2.05) is 66.7 Å². The van der Waals surface area contributed by atoms with Gasteiger partial charge < -0.3 is 9.47 Å². The van der Waals surface area contributed by atoms with Crippen LogP contribution in [-0.4, -0.2) is 24.3 Å². The van der Waals surface area contributed by atoms with Gasteiger partial charge >= 0.3 is 0 Å². The molecule has 0 spiro atoms. The lowest BCUT2D eigenvalue weighted by molar-refractivity contribution is 0.262. The molecule has 0 saturated carbocycles. The van der Waals surface area contributed by atoms with Gasteiger partial charge in [-0.2, -0.15) is 0 Å². The molecule has 4 heteroatoms. The first kappa shape index (κ1) is 15.2. The van der Waals surface area contributed by atoms with Crippen molar-refractivity contribution in [2.75, 3.05) is 13.2 Å². The Balaban J connectivity index is 1.58. The normalized spacial score (nSPS) is 16.6. The minimum absolute atomic E-state index is 0.244. The standard InChI is InChI=1S/C20H16ClNO2/c21-16-8-5-14-6-9-17(22-19(14)11-16)10-7-15-3-1-2-4-20(15)24-13-18-12-23-18/h1-11,18H,12-13H2. The van der Waals surface area contributed by atoms with Crippen molar-refractivity contribution >= 4 is 34.7 Å². The third-order valence-electron chi connectivity index (χ3n) is 3.86. The largest absolute Gasteiger partial charge is 0.490 e. The number of ether oxygens (including phenoxy) is 2. The van der Waals surface area contributed by atoms with E-state index >= 15 is 0 Å². The lowest BCUT2D eigenvalue weighted by atomic mass is 10.1. The lowest BCUT2D eigenvalue weighted by Gasteiger charge is -2.07. The molecular weight excluding hydrogens is 322 g/mol. The molecule has 24 heavy (non-hydrogen) atoms. The molecule has 1 atom stereocenters. The summed E-state index contributed by atoms with van der Waals surface area (Å²) in [4.78, 5) is 4.63. The predicted molar refractivity (Wildman–Crippen MR) is 97.4 cm³/mol. The Morgan fingerprint density at radius 1 is 1.12 bits per heavy atom. The number of fused-ring (bicyclic) bond motifs is 1. The summed E-state index contributed by atoms with van der Waals surface area (Å²) in [5, 5.41) is 1.77. The minimum atomic E-state index is 0.244. The summed E-state index contributed by atoms with van der Waals surface area (Å²) in [6, 6.07) is 17.7. The maximum atomic E-state index is 6.05. The number of benzene rings is 2. The maximum Gasteiger partial charge on any atom is 0.126 e. The van der Waals surface area contributed by atoms with Crippen molar-refractivity contribution in [3.05, 3.63) is 70.9 Å². The molecule has 1 aromatic heterocycles. The molecule has 1 aliphatic heterocycles. The van der Waals surface area contributed by atoms with E-state index in [4.69, 9.17) is 21.1 Å². The van der Waals surface area contributed by atoms with Crippen molar-refractivity contribution in [3.8, 4) is 5.75 Å². The van der Waals surface area contributed by atoms with Gasteiger partial charge in [-0.05, 0) is 36.4 Å². The number of epoxide rings is 1. The average molecular weight is 338 g/mol. The number of nitrogens with zero attached hydrogens (tertiary/aromatic N) is 1. The predicted octanol–water partition coefficient (Wildman–Crippen LogP) is 4.84. The average Bonchev–Trinajstić information content (AvgIpc) is 3.43. The van der Waals surface area contributed by atoms with Gasteiger partial charge in [0.15, 0.2) is 0 Å². The lowest BCUT2D eigenvalue weighted by Crippen LogP contribution is -2.04. The summed E-state index contributed by atoms with van der Waals surface area (Å²) in [5.41, 5.74) is 2.79. The van der Waals surface area contributed by atoms with Crippen LogP contribution in [0.1, 0.15) is 11.3 Å². The fourth-order valence-corrected chi connectivity index (χ4v) is 2.64. The molecule has 1 unspecified atom stereocenters. The van der Waals surface area contributed by atoms with Crippen LogP contribution >= 0.6 is 11.6 Å². The Bertz CT molecular complexity index is 903. The molecule has 0 aliphatic carbocycles. The van der Waals surface area contributed by atoms with Crippen molar-refractivity contribution in [1.29, 1.82) is 0 Å². The first-order valence-corrected chi connectivity index (χ1v) is 8.23. The molecule has 1 fully saturated rings. The van der Waals surface area contributed by atoms with E-state index in [9.17, 15) is 0 Å². The van der Waals surface area contributed by atoms with Crippen molar-refractivity contribution in [2.24, 2.45) is 0 Å². The number of halogens is 1. The highest BCUT2D eigenvalue weighted by atomic mass is 35.5. The second kappa shape index (κ2) is 6.63. The van der Waals surface area contributed by atoms with Crippen LogP contribution in [0.5, 0.6) is 5.75 Å². The van der Waals surface area contributed by atoms with Crippen molar-refractivity contribution in [3.63, 3.8) is 0 Å². The first-order valence-electron chi connectivity index (χ1n) is 7.86. The van der Waals surface area contributed by atoms with Gasteiger partial charge in [0.25, 0.3) is 0 Å². The van der Waals surface area contributed by atoms with Crippen LogP contribution < -0.4 is 4.74 Å². The van der Waals surface area contributed by atoms with Crippen LogP contribution in [-0.2, 0) is 4.74 Å². The Morgan fingerprint density at radius 3 is 2.83 bits per heavy atom. The fourth-order valence-electron chi connectivity index (χ4n) is 2.47. The third kappa shape index (κ3) is 3.58. The van der Waals surface area contributed by atoms with E-state index in [2.05, 4.69) is 4.98 Å². The summed E-state index contributed by atoms with van der Waals surface area (Å²) in [6.07, 6.45) is 4.24. The molecule has 3 aromatic rings. The van der Waals surface area contributed by atoms with Gasteiger partial charge in [0.2, 0.25) is 0 Å². The van der Waals surface area contributed by atoms with E-state index in [1.165, 1.54) is 0 Å². The summed E-state index contributed by atoms with van der Waals surface area (Å²) < 4.78 is 11.0. The van der Waals surface area contributed by atoms with Crippen molar-refractivity contribution < 1.29 is 9.47 Å². The minimum Gasteiger partial charge on any atom is -0.490 e. The van der Waals surface area contributed by atoms with Crippen molar-refractivity contribution in [2.45, 2.75) is 6.10 Å². The van der Waals surface area contributed by atoms with Crippen LogP contribution in [0.2, 0.25) is 5.02 Å². The summed E-state index contributed by atoms with van der Waals surface area (Å²) in [5.74, 6) is 0.855. The van der Waals surface area contributed by atoms with Gasteiger partial charge in [-0.25, -0.2) is 4.98 Å². The highest BCUT2D eigenvalue weighted by Gasteiger charge is 2.23. The van der Waals surface area contributed by atoms with E-state index < -0.39 is 0 Å². The molecule has 4 rings (SSSR count). The van der Waals surface area contributed by atoms with Gasteiger partial charge in [-0.3, -0.25) is 0 Å². The summed E-state index contributed by atoms with van der Waals surface area (Å²) in [7, 11) is 0. The smallest absolute Gasteiger partial charge is 0.126 e. The van der Waals surface area contributed by atoms with Crippen LogP contribution in [0.4, 0.5) is 0 Å². The third-order valence-corrected chi connectivity index (χ3v) is 4.09. The number of hydrogen-bond acceptors (Lipinski definition) is 3. The topological polar surface area (TPSA) is 34.6 Å². The number of pyridine rings is 1. The van der Waals surface area contributed by atoms with Gasteiger partial charge in [0, 0.05) is 16.0 Å². The van der Waals surface area contributed by atoms with Crippen LogP contribution in [0.25, 0.3) is 23.1 Å². The molecule has 1 saturated heterocycles. The Kier molecular flexibility index (Phi) is 4.20. The molecule has 0 radical (unpaired) electrons. The molecular formula is C20H16ClNO2. The molecule has 0 N–H and O–H groups in total. The van der Waals surface area contributed by atoms with Crippen LogP contribution in [0.3, 0.4) is 0 Å². The molecule has 2 heterocycles. The van der Waals surface area contributed by atoms with Gasteiger partial charge in [0.05, 0.1) is 17.8 Å². The second-order valence-electron chi connectivity index (χ2n) is 5.71. The first-order chi connectivity index (χ1) is 11.8. The highest BCUT2D eigenvalue weighted by molar-refractivity contribution is 6.31. The number of hydrogen-bond donors (Lipinski definition) is 0. The SMILES string of the molecule is Clc1ccc2ccc(C=Cc3ccccc3OCC3CO3)nc2c1. The molecule has 0 amide bonds. The molecule has 1 aliphatic rings. The Morgan fingerprint density at radius 2 is 1.96 bits per heavy atom. The fraction of sp³-hybridized carbons (Fsp3) is 0.150. The van der Waals surface area contributed by atoms with Gasteiger partial charge in [-0.15, -0.1) is 0 Å². The number of para-hydroxylation sites is 1. The van der Waals surface area contributed by atoms with Crippen molar-refractivity contribution in [1.82, 2.24) is 4.98 Å². The van der Waals surface area contributed by atoms with E-state index in [0.29, 0.717) is 11.6 Å². The molecule has 2 aromatic carbocycles. The summed E-state index contributed by atoms with van der Waals surface area (Å²) >= 11 is 6.05. The van der Waals surface area contributed by atoms with Gasteiger partial charge in [0.1, 0.15) is 18.5 Å². The maximum absolute atomic E-state index is 6.05. The molecule has 3 nitrogen and oxygen atoms in total. The molecule has 0 bridgehead atoms. The zero-order valence-electron chi connectivity index (χ0n) is 13.0. The Labute approximate surface area is 145 Å². The zero-order chi connectivity index (χ0) is 16.4. The summed E-state index contributed by atoms with van der Waals surface area (Å²) in [6.45, 7) is 1.39. The highest BCUT2D eigenvalue weighted by Crippen LogP contribution is 2.23. The van der Waals surface area contributed by atoms with Crippen LogP contribution in [0.15, 0.2) is 54.6 Å². The number of rotatable bonds is 5. The van der Waals surface area contributed by atoms with E-state index in [-0.39, 0.29) is 6.10 Å². The number of aromatic nitrogens is 1. The second-order valence-corrected chi connectivity index (χ2v) is 6.15.